The predicted octanol–water partition coefficient (Wildman–Crippen LogP) is 5.11. The van der Waals surface area contributed by atoms with Crippen LogP contribution in [0.3, 0.4) is 0 Å². The molecule has 0 radical (unpaired) electrons. The number of carbonyl (C=O) groups excluding carboxylic acids is 1. The van der Waals surface area contributed by atoms with Gasteiger partial charge >= 0.3 is 0 Å². The lowest BCUT2D eigenvalue weighted by Crippen LogP contribution is -2.57. The lowest BCUT2D eigenvalue weighted by atomic mass is 9.73. The molecule has 2 aliphatic rings. The number of anilines is 2. The van der Waals surface area contributed by atoms with Crippen LogP contribution in [0.1, 0.15) is 41.2 Å². The van der Waals surface area contributed by atoms with E-state index in [1.807, 2.05) is 26.0 Å². The molecule has 1 fully saturated rings. The van der Waals surface area contributed by atoms with Crippen LogP contribution >= 0.6 is 0 Å². The molecule has 190 valence electrons. The third kappa shape index (κ3) is 4.65. The standard InChI is InChI=1S/C28H27F2N5O2/c1-17-22(12-21(14-33-17)34-26(36)19-6-7-32-24(11-19)28(3,29)30)18-4-5-20-13-27(2,16-31)25-15-37-9-8-35(25)23(20)10-18/h4-7,10-12,14,25H,8-9,13,15H2,1-3H3,(H,34,36)/t25-,27+/m1/s1. The molecule has 2 aliphatic heterocycles. The Morgan fingerprint density at radius 1 is 1.27 bits per heavy atom. The average molecular weight is 504 g/mol. The Bertz CT molecular complexity index is 1410. The topological polar surface area (TPSA) is 91.1 Å². The number of hydrogen-bond acceptors (Lipinski definition) is 6. The fraction of sp³-hybridized carbons (Fsp3) is 0.357. The van der Waals surface area contributed by atoms with Gasteiger partial charge < -0.3 is 15.0 Å². The quantitative estimate of drug-likeness (QED) is 0.532. The summed E-state index contributed by atoms with van der Waals surface area (Å²) >= 11 is 0. The number of aromatic nitrogens is 2. The molecule has 5 rings (SSSR count). The number of fused-ring (bicyclic) bond motifs is 3. The van der Waals surface area contributed by atoms with Crippen LogP contribution in [0.5, 0.6) is 0 Å². The molecular weight excluding hydrogens is 476 g/mol. The van der Waals surface area contributed by atoms with E-state index >= 15 is 0 Å². The van der Waals surface area contributed by atoms with Gasteiger partial charge in [-0.3, -0.25) is 14.8 Å². The Labute approximate surface area is 214 Å². The Balaban J connectivity index is 1.45. The minimum atomic E-state index is -3.15. The van der Waals surface area contributed by atoms with Crippen molar-refractivity contribution in [1.82, 2.24) is 9.97 Å². The van der Waals surface area contributed by atoms with Crippen LogP contribution in [0.25, 0.3) is 11.1 Å². The Hall–Kier alpha value is -3.90. The molecule has 37 heavy (non-hydrogen) atoms. The number of ether oxygens (including phenoxy) is 1. The molecule has 1 aromatic carbocycles. The molecule has 0 unspecified atom stereocenters. The van der Waals surface area contributed by atoms with Gasteiger partial charge in [-0.05, 0) is 55.7 Å². The first kappa shape index (κ1) is 24.8. The second-order valence-electron chi connectivity index (χ2n) is 9.96. The van der Waals surface area contributed by atoms with Crippen LogP contribution in [0.15, 0.2) is 48.8 Å². The van der Waals surface area contributed by atoms with Crippen LogP contribution in [0.2, 0.25) is 0 Å². The first-order chi connectivity index (χ1) is 17.6. The number of pyridine rings is 2. The van der Waals surface area contributed by atoms with Crippen LogP contribution in [-0.2, 0) is 17.1 Å². The number of morpholine rings is 1. The van der Waals surface area contributed by atoms with Crippen LogP contribution < -0.4 is 10.2 Å². The smallest absolute Gasteiger partial charge is 0.286 e. The number of nitrogens with one attached hydrogen (secondary N) is 1. The molecule has 1 saturated heterocycles. The largest absolute Gasteiger partial charge is 0.377 e. The number of nitrogens with zero attached hydrogens (tertiary/aromatic N) is 4. The van der Waals surface area contributed by atoms with E-state index in [0.717, 1.165) is 41.1 Å². The summed E-state index contributed by atoms with van der Waals surface area (Å²) in [6.07, 6.45) is 3.38. The fourth-order valence-corrected chi connectivity index (χ4v) is 5.10. The number of aryl methyl sites for hydroxylation is 1. The predicted molar refractivity (Wildman–Crippen MR) is 136 cm³/mol. The van der Waals surface area contributed by atoms with E-state index in [1.165, 1.54) is 12.3 Å². The first-order valence-electron chi connectivity index (χ1n) is 12.1. The van der Waals surface area contributed by atoms with Crippen molar-refractivity contribution in [3.8, 4) is 17.2 Å². The van der Waals surface area contributed by atoms with Gasteiger partial charge in [0.25, 0.3) is 11.8 Å². The highest BCUT2D eigenvalue weighted by molar-refractivity contribution is 6.04. The number of rotatable bonds is 4. The second-order valence-corrected chi connectivity index (χ2v) is 9.96. The van der Waals surface area contributed by atoms with Gasteiger partial charge in [-0.1, -0.05) is 12.1 Å². The highest BCUT2D eigenvalue weighted by atomic mass is 19.3. The number of alkyl halides is 2. The van der Waals surface area contributed by atoms with Crippen molar-refractivity contribution in [1.29, 1.82) is 5.26 Å². The van der Waals surface area contributed by atoms with Gasteiger partial charge in [-0.2, -0.15) is 14.0 Å². The zero-order valence-electron chi connectivity index (χ0n) is 20.9. The van der Waals surface area contributed by atoms with E-state index in [4.69, 9.17) is 4.74 Å². The summed E-state index contributed by atoms with van der Waals surface area (Å²) in [5.41, 5.74) is 4.28. The highest BCUT2D eigenvalue weighted by Crippen LogP contribution is 2.44. The lowest BCUT2D eigenvalue weighted by molar-refractivity contribution is 0.0127. The summed E-state index contributed by atoms with van der Waals surface area (Å²) in [6, 6.07) is 13.0. The molecule has 0 spiro atoms. The molecule has 0 bridgehead atoms. The number of benzene rings is 1. The van der Waals surface area contributed by atoms with Gasteiger partial charge in [-0.25, -0.2) is 0 Å². The van der Waals surface area contributed by atoms with E-state index in [-0.39, 0.29) is 11.6 Å². The van der Waals surface area contributed by atoms with Crippen LogP contribution in [0.4, 0.5) is 20.2 Å². The van der Waals surface area contributed by atoms with E-state index < -0.39 is 22.9 Å². The maximum absolute atomic E-state index is 13.7. The third-order valence-electron chi connectivity index (χ3n) is 7.20. The van der Waals surface area contributed by atoms with Crippen molar-refractivity contribution >= 4 is 17.3 Å². The zero-order chi connectivity index (χ0) is 26.4. The number of hydrogen-bond donors (Lipinski definition) is 1. The summed E-state index contributed by atoms with van der Waals surface area (Å²) in [6.45, 7) is 6.44. The van der Waals surface area contributed by atoms with Gasteiger partial charge in [0.1, 0.15) is 5.69 Å². The molecule has 0 saturated carbocycles. The molecule has 0 aliphatic carbocycles. The molecule has 2 atom stereocenters. The normalized spacial score (nSPS) is 21.0. The van der Waals surface area contributed by atoms with Gasteiger partial charge in [0, 0.05) is 42.2 Å². The first-order valence-corrected chi connectivity index (χ1v) is 12.1. The van der Waals surface area contributed by atoms with Crippen molar-refractivity contribution in [2.24, 2.45) is 5.41 Å². The van der Waals surface area contributed by atoms with Gasteiger partial charge in [0.05, 0.1) is 42.6 Å². The van der Waals surface area contributed by atoms with Gasteiger partial charge in [0.2, 0.25) is 0 Å². The Morgan fingerprint density at radius 2 is 2.08 bits per heavy atom. The molecular formula is C28H27F2N5O2. The minimum absolute atomic E-state index is 0.0282. The molecule has 2 aromatic heterocycles. The summed E-state index contributed by atoms with van der Waals surface area (Å²) in [4.78, 5) is 23.2. The van der Waals surface area contributed by atoms with Crippen LogP contribution in [-0.4, -0.2) is 41.7 Å². The minimum Gasteiger partial charge on any atom is -0.377 e. The highest BCUT2D eigenvalue weighted by Gasteiger charge is 2.45. The van der Waals surface area contributed by atoms with Gasteiger partial charge in [0.15, 0.2) is 0 Å². The fourth-order valence-electron chi connectivity index (χ4n) is 5.10. The SMILES string of the molecule is Cc1ncc(NC(=O)c2ccnc(C(C)(F)F)c2)cc1-c1ccc2c(c1)N1CCOC[C@@H]1[C@](C)(C#N)C2. The van der Waals surface area contributed by atoms with Crippen molar-refractivity contribution in [3.05, 3.63) is 71.3 Å². The van der Waals surface area contributed by atoms with Crippen molar-refractivity contribution in [2.75, 3.05) is 30.0 Å². The summed E-state index contributed by atoms with van der Waals surface area (Å²) in [5.74, 6) is -3.67. The van der Waals surface area contributed by atoms with Crippen LogP contribution in [0, 0.1) is 23.7 Å². The second kappa shape index (κ2) is 9.20. The molecule has 1 amide bonds. The summed E-state index contributed by atoms with van der Waals surface area (Å²) < 4.78 is 33.0. The van der Waals surface area contributed by atoms with E-state index in [9.17, 15) is 18.8 Å². The zero-order valence-corrected chi connectivity index (χ0v) is 20.9. The number of halogens is 2. The summed E-state index contributed by atoms with van der Waals surface area (Å²) in [7, 11) is 0. The third-order valence-corrected chi connectivity index (χ3v) is 7.20. The number of nitriles is 1. The molecule has 1 N–H and O–H groups in total. The monoisotopic (exact) mass is 503 g/mol. The summed E-state index contributed by atoms with van der Waals surface area (Å²) in [5, 5.41) is 12.7. The van der Waals surface area contributed by atoms with E-state index in [1.54, 1.807) is 6.20 Å². The number of amides is 1. The molecule has 3 aromatic rings. The number of carbonyl (C=O) groups is 1. The van der Waals surface area contributed by atoms with Crippen molar-refractivity contribution < 1.29 is 18.3 Å². The lowest BCUT2D eigenvalue weighted by Gasteiger charge is -2.49. The van der Waals surface area contributed by atoms with Gasteiger partial charge in [-0.15, -0.1) is 0 Å². The maximum atomic E-state index is 13.7. The maximum Gasteiger partial charge on any atom is 0.286 e. The Morgan fingerprint density at radius 3 is 2.84 bits per heavy atom. The van der Waals surface area contributed by atoms with Crippen molar-refractivity contribution in [3.63, 3.8) is 0 Å². The molecule has 9 heteroatoms. The van der Waals surface area contributed by atoms with Crippen molar-refractivity contribution in [2.45, 2.75) is 39.2 Å². The molecule has 4 heterocycles. The van der Waals surface area contributed by atoms with E-state index in [2.05, 4.69) is 38.4 Å². The Kier molecular flexibility index (Phi) is 6.16. The molecule has 7 nitrogen and oxygen atoms in total. The average Bonchev–Trinajstić information content (AvgIpc) is 2.89. The van der Waals surface area contributed by atoms with E-state index in [0.29, 0.717) is 31.9 Å².